The molecular formula is C18H17Cl2FN4OS. The second-order valence-electron chi connectivity index (χ2n) is 6.00. The van der Waals surface area contributed by atoms with Crippen LogP contribution >= 0.6 is 34.5 Å². The molecule has 27 heavy (non-hydrogen) atoms. The lowest BCUT2D eigenvalue weighted by Gasteiger charge is -2.16. The molecule has 5 nitrogen and oxygen atoms in total. The number of amides is 1. The Hall–Kier alpha value is -1.93. The first-order chi connectivity index (χ1) is 12.9. The zero-order valence-corrected chi connectivity index (χ0v) is 16.7. The van der Waals surface area contributed by atoms with Crippen LogP contribution in [0.4, 0.5) is 4.39 Å². The molecule has 2 heterocycles. The number of carbonyl (C=O) groups is 1. The molecule has 0 aliphatic heterocycles. The molecule has 0 saturated heterocycles. The topological polar surface area (TPSA) is 72.9 Å². The summed E-state index contributed by atoms with van der Waals surface area (Å²) in [6, 6.07) is 7.58. The fourth-order valence-corrected chi connectivity index (χ4v) is 4.20. The molecule has 1 atom stereocenters. The van der Waals surface area contributed by atoms with Gasteiger partial charge in [0.05, 0.1) is 21.8 Å². The predicted octanol–water partition coefficient (Wildman–Crippen LogP) is 3.89. The van der Waals surface area contributed by atoms with Gasteiger partial charge in [0.15, 0.2) is 0 Å². The summed E-state index contributed by atoms with van der Waals surface area (Å²) in [5.41, 5.74) is 7.83. The van der Waals surface area contributed by atoms with Gasteiger partial charge < -0.3 is 11.1 Å². The van der Waals surface area contributed by atoms with Crippen molar-refractivity contribution in [3.63, 3.8) is 0 Å². The van der Waals surface area contributed by atoms with E-state index in [4.69, 9.17) is 28.9 Å². The van der Waals surface area contributed by atoms with E-state index in [1.54, 1.807) is 29.9 Å². The van der Waals surface area contributed by atoms with Crippen molar-refractivity contribution in [1.29, 1.82) is 0 Å². The van der Waals surface area contributed by atoms with Crippen molar-refractivity contribution in [3.8, 4) is 11.3 Å². The number of hydrogen-bond donors (Lipinski definition) is 2. The lowest BCUT2D eigenvalue weighted by Crippen LogP contribution is -2.41. The molecule has 2 aromatic heterocycles. The van der Waals surface area contributed by atoms with E-state index >= 15 is 0 Å². The Bertz CT molecular complexity index is 953. The summed E-state index contributed by atoms with van der Waals surface area (Å²) in [5.74, 6) is -0.615. The van der Waals surface area contributed by atoms with E-state index in [1.165, 1.54) is 18.3 Å². The minimum Gasteiger partial charge on any atom is -0.347 e. The third-order valence-electron chi connectivity index (χ3n) is 4.05. The van der Waals surface area contributed by atoms with Crippen molar-refractivity contribution in [2.24, 2.45) is 12.8 Å². The summed E-state index contributed by atoms with van der Waals surface area (Å²) in [4.78, 5) is 13.1. The van der Waals surface area contributed by atoms with Gasteiger partial charge in [0.1, 0.15) is 10.2 Å². The number of thiophene rings is 1. The van der Waals surface area contributed by atoms with Crippen LogP contribution in [-0.4, -0.2) is 28.3 Å². The number of nitrogens with two attached hydrogens (primary N) is 1. The van der Waals surface area contributed by atoms with E-state index in [9.17, 15) is 9.18 Å². The number of carbonyl (C=O) groups excluding carboxylic acids is 1. The van der Waals surface area contributed by atoms with Gasteiger partial charge in [-0.15, -0.1) is 11.3 Å². The van der Waals surface area contributed by atoms with E-state index in [-0.39, 0.29) is 24.3 Å². The van der Waals surface area contributed by atoms with Crippen LogP contribution in [0.15, 0.2) is 36.5 Å². The Kier molecular flexibility index (Phi) is 6.16. The van der Waals surface area contributed by atoms with Gasteiger partial charge in [0, 0.05) is 25.2 Å². The molecule has 142 valence electrons. The zero-order valence-electron chi connectivity index (χ0n) is 14.4. The molecule has 1 unspecified atom stereocenters. The highest BCUT2D eigenvalue weighted by molar-refractivity contribution is 7.18. The molecule has 0 aliphatic rings. The first-order valence-corrected chi connectivity index (χ1v) is 9.69. The smallest absolute Gasteiger partial charge is 0.261 e. The zero-order chi connectivity index (χ0) is 19.6. The molecule has 0 bridgehead atoms. The fraction of sp³-hybridized carbons (Fsp3) is 0.222. The van der Waals surface area contributed by atoms with E-state index in [0.29, 0.717) is 31.9 Å². The highest BCUT2D eigenvalue weighted by atomic mass is 35.5. The summed E-state index contributed by atoms with van der Waals surface area (Å²) >= 11 is 13.6. The number of halogens is 3. The average Bonchev–Trinajstić information content (AvgIpc) is 3.16. The Balaban J connectivity index is 1.76. The molecule has 0 saturated carbocycles. The monoisotopic (exact) mass is 426 g/mol. The molecule has 1 amide bonds. The normalized spacial score (nSPS) is 12.2. The largest absolute Gasteiger partial charge is 0.347 e. The number of rotatable bonds is 6. The summed E-state index contributed by atoms with van der Waals surface area (Å²) in [5, 5.41) is 7.42. The van der Waals surface area contributed by atoms with Gasteiger partial charge >= 0.3 is 0 Å². The lowest BCUT2D eigenvalue weighted by atomic mass is 10.1. The molecular weight excluding hydrogens is 410 g/mol. The highest BCUT2D eigenvalue weighted by Crippen LogP contribution is 2.38. The highest BCUT2D eigenvalue weighted by Gasteiger charge is 2.21. The van der Waals surface area contributed by atoms with Gasteiger partial charge in [-0.25, -0.2) is 4.39 Å². The maximum absolute atomic E-state index is 13.3. The van der Waals surface area contributed by atoms with Crippen LogP contribution in [0.3, 0.4) is 0 Å². The summed E-state index contributed by atoms with van der Waals surface area (Å²) in [6.07, 6.45) is 1.95. The maximum atomic E-state index is 13.3. The second kappa shape index (κ2) is 8.39. The van der Waals surface area contributed by atoms with Crippen molar-refractivity contribution in [2.75, 3.05) is 6.54 Å². The Morgan fingerprint density at radius 2 is 2.19 bits per heavy atom. The number of nitrogens with one attached hydrogen (secondary N) is 1. The van der Waals surface area contributed by atoms with Crippen molar-refractivity contribution in [3.05, 3.63) is 62.1 Å². The van der Waals surface area contributed by atoms with E-state index in [1.807, 2.05) is 0 Å². The fourth-order valence-electron chi connectivity index (χ4n) is 2.75. The predicted molar refractivity (Wildman–Crippen MR) is 107 cm³/mol. The van der Waals surface area contributed by atoms with Crippen LogP contribution in [-0.2, 0) is 13.5 Å². The van der Waals surface area contributed by atoms with Gasteiger partial charge in [-0.1, -0.05) is 35.3 Å². The van der Waals surface area contributed by atoms with Crippen molar-refractivity contribution >= 4 is 40.4 Å². The number of nitrogens with zero attached hydrogens (tertiary/aromatic N) is 2. The SMILES string of the molecule is Cn1ncc(Cl)c1-c1cc(C(=O)NC(CN)Cc2cccc(F)c2)sc1Cl. The molecule has 9 heteroatoms. The third-order valence-corrected chi connectivity index (χ3v) is 5.68. The molecule has 0 radical (unpaired) electrons. The number of aromatic nitrogens is 2. The molecule has 0 spiro atoms. The van der Waals surface area contributed by atoms with Gasteiger partial charge in [-0.05, 0) is 30.2 Å². The van der Waals surface area contributed by atoms with Crippen molar-refractivity contribution < 1.29 is 9.18 Å². The molecule has 3 rings (SSSR count). The average molecular weight is 427 g/mol. The van der Waals surface area contributed by atoms with Crippen LogP contribution < -0.4 is 11.1 Å². The second-order valence-corrected chi connectivity index (χ2v) is 8.06. The third kappa shape index (κ3) is 4.50. The number of benzene rings is 1. The Labute approximate surface area is 169 Å². The van der Waals surface area contributed by atoms with Gasteiger partial charge in [0.25, 0.3) is 5.91 Å². The first-order valence-electron chi connectivity index (χ1n) is 8.11. The van der Waals surface area contributed by atoms with Gasteiger partial charge in [0.2, 0.25) is 0 Å². The van der Waals surface area contributed by atoms with Crippen molar-refractivity contribution in [1.82, 2.24) is 15.1 Å². The first kappa shape index (κ1) is 19.8. The minimum atomic E-state index is -0.330. The Morgan fingerprint density at radius 3 is 2.81 bits per heavy atom. The summed E-state index contributed by atoms with van der Waals surface area (Å²) < 4.78 is 15.4. The molecule has 1 aromatic carbocycles. The molecule has 3 N–H and O–H groups in total. The minimum absolute atomic E-state index is 0.224. The van der Waals surface area contributed by atoms with Crippen LogP contribution in [0.1, 0.15) is 15.2 Å². The molecule has 0 aliphatic carbocycles. The molecule has 0 fully saturated rings. The van der Waals surface area contributed by atoms with Crippen LogP contribution in [0, 0.1) is 5.82 Å². The Morgan fingerprint density at radius 1 is 1.41 bits per heavy atom. The van der Waals surface area contributed by atoms with Gasteiger partial charge in [-0.2, -0.15) is 5.10 Å². The van der Waals surface area contributed by atoms with Crippen molar-refractivity contribution in [2.45, 2.75) is 12.5 Å². The lowest BCUT2D eigenvalue weighted by molar-refractivity contribution is 0.0942. The van der Waals surface area contributed by atoms with Crippen LogP contribution in [0.5, 0.6) is 0 Å². The molecule has 3 aromatic rings. The standard InChI is InChI=1S/C18H17Cl2FN4OS/c1-25-16(14(19)9-23-25)13-7-15(27-17(13)20)18(26)24-12(8-22)6-10-3-2-4-11(21)5-10/h2-5,7,9,12H,6,8,22H2,1H3,(H,24,26). The summed E-state index contributed by atoms with van der Waals surface area (Å²) in [7, 11) is 1.75. The quantitative estimate of drug-likeness (QED) is 0.627. The number of hydrogen-bond acceptors (Lipinski definition) is 4. The maximum Gasteiger partial charge on any atom is 0.261 e. The van der Waals surface area contributed by atoms with Crippen LogP contribution in [0.2, 0.25) is 9.36 Å². The van der Waals surface area contributed by atoms with E-state index in [0.717, 1.165) is 16.9 Å². The summed E-state index contributed by atoms with van der Waals surface area (Å²) in [6.45, 7) is 0.224. The van der Waals surface area contributed by atoms with E-state index in [2.05, 4.69) is 10.4 Å². The van der Waals surface area contributed by atoms with Crippen LogP contribution in [0.25, 0.3) is 11.3 Å². The number of aryl methyl sites for hydroxylation is 1. The van der Waals surface area contributed by atoms with Gasteiger partial charge in [-0.3, -0.25) is 9.48 Å². The van der Waals surface area contributed by atoms with E-state index < -0.39 is 0 Å².